The van der Waals surface area contributed by atoms with E-state index in [1.807, 2.05) is 0 Å². The van der Waals surface area contributed by atoms with Gasteiger partial charge in [-0.1, -0.05) is 19.9 Å². The van der Waals surface area contributed by atoms with E-state index < -0.39 is 17.9 Å². The molecule has 116 valence electrons. The molecule has 1 aromatic rings. The van der Waals surface area contributed by atoms with Crippen molar-refractivity contribution in [3.05, 3.63) is 23.9 Å². The molecule has 1 atom stereocenters. The number of carboxylic acids is 1. The Bertz CT molecular complexity index is 474. The number of nitrogens with zero attached hydrogens (tertiary/aromatic N) is 1. The summed E-state index contributed by atoms with van der Waals surface area (Å²) in [5, 5.41) is 14.2. The topological polar surface area (TPSA) is 101 Å². The molecular formula is C14H21N3O4. The number of hydrogen-bond acceptors (Lipinski definition) is 4. The Balaban J connectivity index is 2.38. The lowest BCUT2D eigenvalue weighted by Gasteiger charge is -2.17. The Hall–Kier alpha value is -2.31. The van der Waals surface area contributed by atoms with Crippen molar-refractivity contribution in [2.75, 3.05) is 13.7 Å². The summed E-state index contributed by atoms with van der Waals surface area (Å²) in [4.78, 5) is 26.7. The smallest absolute Gasteiger partial charge is 0.315 e. The zero-order chi connectivity index (χ0) is 15.8. The monoisotopic (exact) mass is 295 g/mol. The lowest BCUT2D eigenvalue weighted by atomic mass is 9.96. The molecule has 3 N–H and O–H groups in total. The molecule has 1 rings (SSSR count). The van der Waals surface area contributed by atoms with Crippen molar-refractivity contribution in [1.82, 2.24) is 15.6 Å². The van der Waals surface area contributed by atoms with Crippen LogP contribution in [0.1, 0.15) is 19.4 Å². The molecule has 0 radical (unpaired) electrons. The van der Waals surface area contributed by atoms with Crippen LogP contribution in [-0.4, -0.2) is 35.7 Å². The van der Waals surface area contributed by atoms with Gasteiger partial charge < -0.3 is 20.5 Å². The van der Waals surface area contributed by atoms with E-state index in [1.165, 1.54) is 7.11 Å². The van der Waals surface area contributed by atoms with Gasteiger partial charge in [0.2, 0.25) is 5.88 Å². The maximum Gasteiger partial charge on any atom is 0.315 e. The fourth-order valence-corrected chi connectivity index (χ4v) is 1.69. The summed E-state index contributed by atoms with van der Waals surface area (Å²) in [6.45, 7) is 4.02. The predicted octanol–water partition coefficient (Wildman–Crippen LogP) is 1.25. The molecule has 0 bridgehead atoms. The quantitative estimate of drug-likeness (QED) is 0.703. The van der Waals surface area contributed by atoms with Gasteiger partial charge >= 0.3 is 12.0 Å². The highest BCUT2D eigenvalue weighted by atomic mass is 16.5. The minimum Gasteiger partial charge on any atom is -0.481 e. The van der Waals surface area contributed by atoms with Crippen molar-refractivity contribution in [1.29, 1.82) is 0 Å². The van der Waals surface area contributed by atoms with Crippen LogP contribution in [0.15, 0.2) is 18.3 Å². The molecule has 21 heavy (non-hydrogen) atoms. The molecule has 1 aromatic heterocycles. The summed E-state index contributed by atoms with van der Waals surface area (Å²) in [6.07, 6.45) is 1.60. The van der Waals surface area contributed by atoms with E-state index in [0.29, 0.717) is 12.4 Å². The molecule has 0 aromatic carbocycles. The van der Waals surface area contributed by atoms with Crippen molar-refractivity contribution in [2.24, 2.45) is 11.8 Å². The van der Waals surface area contributed by atoms with Gasteiger partial charge in [-0.05, 0) is 11.5 Å². The third-order valence-corrected chi connectivity index (χ3v) is 3.06. The summed E-state index contributed by atoms with van der Waals surface area (Å²) in [5.41, 5.74) is 0.824. The zero-order valence-corrected chi connectivity index (χ0v) is 12.4. The standard InChI is InChI=1S/C14H21N3O4/c1-9(2)11(13(18)19)8-17-14(20)16-7-10-4-5-12(21-3)15-6-10/h4-6,9,11H,7-8H2,1-3H3,(H,18,19)(H2,16,17,20). The largest absolute Gasteiger partial charge is 0.481 e. The number of rotatable bonds is 7. The Morgan fingerprint density at radius 2 is 2.05 bits per heavy atom. The average Bonchev–Trinajstić information content (AvgIpc) is 2.45. The molecule has 7 heteroatoms. The van der Waals surface area contributed by atoms with Crippen LogP contribution in [0.2, 0.25) is 0 Å². The highest BCUT2D eigenvalue weighted by molar-refractivity contribution is 5.75. The Labute approximate surface area is 123 Å². The second-order valence-electron chi connectivity index (χ2n) is 4.96. The maximum atomic E-state index is 11.6. The number of aliphatic carboxylic acids is 1. The van der Waals surface area contributed by atoms with E-state index in [2.05, 4.69) is 15.6 Å². The van der Waals surface area contributed by atoms with E-state index in [0.717, 1.165) is 5.56 Å². The molecule has 0 fully saturated rings. The van der Waals surface area contributed by atoms with Crippen LogP contribution in [0.4, 0.5) is 4.79 Å². The van der Waals surface area contributed by atoms with Crippen LogP contribution >= 0.6 is 0 Å². The highest BCUT2D eigenvalue weighted by Gasteiger charge is 2.21. The first-order chi connectivity index (χ1) is 9.93. The van der Waals surface area contributed by atoms with Gasteiger partial charge in [0.05, 0.1) is 13.0 Å². The number of amides is 2. The number of pyridine rings is 1. The third-order valence-electron chi connectivity index (χ3n) is 3.06. The maximum absolute atomic E-state index is 11.6. The number of nitrogens with one attached hydrogen (secondary N) is 2. The van der Waals surface area contributed by atoms with Crippen LogP contribution in [-0.2, 0) is 11.3 Å². The van der Waals surface area contributed by atoms with Crippen molar-refractivity contribution in [2.45, 2.75) is 20.4 Å². The second-order valence-corrected chi connectivity index (χ2v) is 4.96. The number of carboxylic acid groups (broad SMARTS) is 1. The minimum atomic E-state index is -0.912. The van der Waals surface area contributed by atoms with Gasteiger partial charge in [-0.15, -0.1) is 0 Å². The lowest BCUT2D eigenvalue weighted by Crippen LogP contribution is -2.41. The third kappa shape index (κ3) is 5.68. The van der Waals surface area contributed by atoms with Crippen LogP contribution in [0.25, 0.3) is 0 Å². The zero-order valence-electron chi connectivity index (χ0n) is 12.4. The first-order valence-electron chi connectivity index (χ1n) is 6.67. The van der Waals surface area contributed by atoms with Crippen molar-refractivity contribution >= 4 is 12.0 Å². The highest BCUT2D eigenvalue weighted by Crippen LogP contribution is 2.09. The van der Waals surface area contributed by atoms with Crippen LogP contribution in [0.3, 0.4) is 0 Å². The fourth-order valence-electron chi connectivity index (χ4n) is 1.69. The van der Waals surface area contributed by atoms with Gasteiger partial charge in [-0.25, -0.2) is 9.78 Å². The molecule has 0 spiro atoms. The van der Waals surface area contributed by atoms with Crippen LogP contribution in [0.5, 0.6) is 5.88 Å². The molecule has 1 heterocycles. The predicted molar refractivity (Wildman–Crippen MR) is 77.0 cm³/mol. The van der Waals surface area contributed by atoms with E-state index in [1.54, 1.807) is 32.2 Å². The van der Waals surface area contributed by atoms with Crippen molar-refractivity contribution < 1.29 is 19.4 Å². The van der Waals surface area contributed by atoms with Crippen LogP contribution < -0.4 is 15.4 Å². The number of ether oxygens (including phenoxy) is 1. The van der Waals surface area contributed by atoms with Crippen molar-refractivity contribution in [3.8, 4) is 5.88 Å². The minimum absolute atomic E-state index is 0.0476. The molecular weight excluding hydrogens is 274 g/mol. The normalized spacial score (nSPS) is 11.8. The van der Waals surface area contributed by atoms with E-state index in [-0.39, 0.29) is 12.5 Å². The summed E-state index contributed by atoms with van der Waals surface area (Å²) >= 11 is 0. The van der Waals surface area contributed by atoms with Gasteiger partial charge in [-0.2, -0.15) is 0 Å². The summed E-state index contributed by atoms with van der Waals surface area (Å²) in [7, 11) is 1.53. The molecule has 0 aliphatic heterocycles. The number of carbonyl (C=O) groups is 2. The number of urea groups is 1. The molecule has 0 aliphatic rings. The molecule has 1 unspecified atom stereocenters. The molecule has 7 nitrogen and oxygen atoms in total. The van der Waals surface area contributed by atoms with E-state index >= 15 is 0 Å². The molecule has 0 saturated carbocycles. The molecule has 2 amide bonds. The van der Waals surface area contributed by atoms with E-state index in [9.17, 15) is 9.59 Å². The van der Waals surface area contributed by atoms with E-state index in [4.69, 9.17) is 9.84 Å². The average molecular weight is 295 g/mol. The molecule has 0 saturated heterocycles. The van der Waals surface area contributed by atoms with Crippen LogP contribution in [0, 0.1) is 11.8 Å². The number of methoxy groups -OCH3 is 1. The Morgan fingerprint density at radius 1 is 1.33 bits per heavy atom. The number of carbonyl (C=O) groups excluding carboxylic acids is 1. The summed E-state index contributed by atoms with van der Waals surface area (Å²) < 4.78 is 4.94. The number of aromatic nitrogens is 1. The van der Waals surface area contributed by atoms with Gasteiger partial charge in [-0.3, -0.25) is 4.79 Å². The SMILES string of the molecule is COc1ccc(CNC(=O)NCC(C(=O)O)C(C)C)cn1. The summed E-state index contributed by atoms with van der Waals surface area (Å²) in [6, 6.07) is 3.09. The summed E-state index contributed by atoms with van der Waals surface area (Å²) in [5.74, 6) is -1.05. The Morgan fingerprint density at radius 3 is 2.52 bits per heavy atom. The first-order valence-corrected chi connectivity index (χ1v) is 6.67. The number of hydrogen-bond donors (Lipinski definition) is 3. The first kappa shape index (κ1) is 16.7. The van der Waals surface area contributed by atoms with Gasteiger partial charge in [0.15, 0.2) is 0 Å². The molecule has 0 aliphatic carbocycles. The van der Waals surface area contributed by atoms with Gasteiger partial charge in [0.25, 0.3) is 0 Å². The fraction of sp³-hybridized carbons (Fsp3) is 0.500. The van der Waals surface area contributed by atoms with Gasteiger partial charge in [0.1, 0.15) is 0 Å². The van der Waals surface area contributed by atoms with Crippen molar-refractivity contribution in [3.63, 3.8) is 0 Å². The lowest BCUT2D eigenvalue weighted by molar-refractivity contribution is -0.142. The van der Waals surface area contributed by atoms with Gasteiger partial charge in [0, 0.05) is 25.4 Å². The Kier molecular flexibility index (Phi) is 6.45. The second kappa shape index (κ2) is 8.08.